The number of nitrogens with one attached hydrogen (secondary N) is 1. The fraction of sp³-hybridized carbons (Fsp3) is 0.571. The first kappa shape index (κ1) is 18.2. The van der Waals surface area contributed by atoms with Gasteiger partial charge in [0.2, 0.25) is 10.0 Å². The molecule has 7 heteroatoms. The van der Waals surface area contributed by atoms with Crippen molar-refractivity contribution in [2.45, 2.75) is 36.6 Å². The third-order valence-corrected chi connectivity index (χ3v) is 5.19. The highest BCUT2D eigenvalue weighted by atomic mass is 35.5. The minimum Gasteiger partial charge on any atom is -0.497 e. The van der Waals surface area contributed by atoms with E-state index >= 15 is 0 Å². The van der Waals surface area contributed by atoms with Gasteiger partial charge in [-0.15, -0.1) is 12.4 Å². The van der Waals surface area contributed by atoms with E-state index in [2.05, 4.69) is 4.72 Å². The minimum atomic E-state index is -3.45. The van der Waals surface area contributed by atoms with Crippen LogP contribution in [0.2, 0.25) is 0 Å². The predicted octanol–water partition coefficient (Wildman–Crippen LogP) is 1.91. The lowest BCUT2D eigenvalue weighted by Crippen LogP contribution is -2.35. The maximum absolute atomic E-state index is 12.2. The topological polar surface area (TPSA) is 81.4 Å². The standard InChI is InChI=1S/C14H22N2O3S.ClH/c1-19-13-5-7-14(8-6-13)20(17,18)16-10-11-3-2-4-12(15)9-11;/h5-8,11-12,16H,2-4,9-10,15H2,1H3;1H. The SMILES string of the molecule is COc1ccc(S(=O)(=O)NCC2CCCC(N)C2)cc1.Cl. The number of sulfonamides is 1. The zero-order chi connectivity index (χ0) is 14.6. The quantitative estimate of drug-likeness (QED) is 0.861. The lowest BCUT2D eigenvalue weighted by molar-refractivity contribution is 0.322. The number of nitrogens with two attached hydrogens (primary N) is 1. The second-order valence-electron chi connectivity index (χ2n) is 5.32. The Morgan fingerprint density at radius 1 is 1.29 bits per heavy atom. The Bertz CT molecular complexity index is 534. The van der Waals surface area contributed by atoms with Crippen LogP contribution in [0, 0.1) is 5.92 Å². The van der Waals surface area contributed by atoms with Gasteiger partial charge in [-0.1, -0.05) is 6.42 Å². The summed E-state index contributed by atoms with van der Waals surface area (Å²) in [4.78, 5) is 0.262. The highest BCUT2D eigenvalue weighted by Gasteiger charge is 2.22. The number of ether oxygens (including phenoxy) is 1. The minimum absolute atomic E-state index is 0. The van der Waals surface area contributed by atoms with E-state index in [1.807, 2.05) is 0 Å². The van der Waals surface area contributed by atoms with Crippen LogP contribution in [-0.4, -0.2) is 28.1 Å². The lowest BCUT2D eigenvalue weighted by Gasteiger charge is -2.26. The summed E-state index contributed by atoms with van der Waals surface area (Å²) in [5.74, 6) is 0.981. The number of hydrogen-bond donors (Lipinski definition) is 2. The van der Waals surface area contributed by atoms with E-state index in [-0.39, 0.29) is 23.3 Å². The normalized spacial score (nSPS) is 22.4. The van der Waals surface area contributed by atoms with Gasteiger partial charge in [-0.05, 0) is 49.4 Å². The van der Waals surface area contributed by atoms with Crippen LogP contribution >= 0.6 is 12.4 Å². The maximum Gasteiger partial charge on any atom is 0.240 e. The van der Waals surface area contributed by atoms with Crippen molar-refractivity contribution >= 4 is 22.4 Å². The molecule has 0 aromatic heterocycles. The molecule has 2 unspecified atom stereocenters. The molecule has 0 heterocycles. The fourth-order valence-corrected chi connectivity index (χ4v) is 3.70. The fourth-order valence-electron chi connectivity index (χ4n) is 2.58. The summed E-state index contributed by atoms with van der Waals surface area (Å²) >= 11 is 0. The third kappa shape index (κ3) is 5.14. The van der Waals surface area contributed by atoms with E-state index in [1.165, 1.54) is 0 Å². The molecule has 1 aliphatic rings. The number of benzene rings is 1. The van der Waals surface area contributed by atoms with E-state index in [9.17, 15) is 8.42 Å². The van der Waals surface area contributed by atoms with Gasteiger partial charge in [0.1, 0.15) is 5.75 Å². The van der Waals surface area contributed by atoms with Gasteiger partial charge in [0.25, 0.3) is 0 Å². The number of halogens is 1. The molecule has 0 saturated heterocycles. The van der Waals surface area contributed by atoms with Gasteiger partial charge in [-0.2, -0.15) is 0 Å². The van der Waals surface area contributed by atoms with Crippen LogP contribution in [0.15, 0.2) is 29.2 Å². The summed E-state index contributed by atoms with van der Waals surface area (Å²) in [5, 5.41) is 0. The van der Waals surface area contributed by atoms with Gasteiger partial charge in [-0.25, -0.2) is 13.1 Å². The molecule has 0 bridgehead atoms. The van der Waals surface area contributed by atoms with Crippen molar-refractivity contribution in [3.63, 3.8) is 0 Å². The van der Waals surface area contributed by atoms with Crippen molar-refractivity contribution in [2.75, 3.05) is 13.7 Å². The highest BCUT2D eigenvalue weighted by molar-refractivity contribution is 7.89. The molecule has 120 valence electrons. The second-order valence-corrected chi connectivity index (χ2v) is 7.09. The smallest absolute Gasteiger partial charge is 0.240 e. The van der Waals surface area contributed by atoms with Crippen molar-refractivity contribution in [1.82, 2.24) is 4.72 Å². The molecule has 5 nitrogen and oxygen atoms in total. The van der Waals surface area contributed by atoms with E-state index in [0.29, 0.717) is 18.2 Å². The molecule has 0 spiro atoms. The Hall–Kier alpha value is -0.820. The molecule has 1 fully saturated rings. The van der Waals surface area contributed by atoms with Crippen LogP contribution in [0.1, 0.15) is 25.7 Å². The second kappa shape index (κ2) is 7.98. The van der Waals surface area contributed by atoms with E-state index < -0.39 is 10.0 Å². The average Bonchev–Trinajstić information content (AvgIpc) is 2.45. The number of methoxy groups -OCH3 is 1. The summed E-state index contributed by atoms with van der Waals surface area (Å²) in [7, 11) is -1.90. The molecule has 0 amide bonds. The van der Waals surface area contributed by atoms with Gasteiger partial charge in [0, 0.05) is 12.6 Å². The molecular weight excluding hydrogens is 312 g/mol. The highest BCUT2D eigenvalue weighted by Crippen LogP contribution is 2.23. The summed E-state index contributed by atoms with van der Waals surface area (Å²) in [6.45, 7) is 0.460. The summed E-state index contributed by atoms with van der Waals surface area (Å²) in [6, 6.07) is 6.59. The molecular formula is C14H23ClN2O3S. The third-order valence-electron chi connectivity index (χ3n) is 3.76. The largest absolute Gasteiger partial charge is 0.497 e. The number of rotatable bonds is 5. The zero-order valence-corrected chi connectivity index (χ0v) is 13.8. The van der Waals surface area contributed by atoms with Crippen LogP contribution in [0.4, 0.5) is 0 Å². The van der Waals surface area contributed by atoms with Crippen molar-refractivity contribution in [2.24, 2.45) is 11.7 Å². The summed E-state index contributed by atoms with van der Waals surface area (Å²) < 4.78 is 32.0. The van der Waals surface area contributed by atoms with Gasteiger partial charge < -0.3 is 10.5 Å². The van der Waals surface area contributed by atoms with Crippen LogP contribution in [0.5, 0.6) is 5.75 Å². The molecule has 1 saturated carbocycles. The Balaban J connectivity index is 0.00000220. The summed E-state index contributed by atoms with van der Waals surface area (Å²) in [5.41, 5.74) is 5.92. The predicted molar refractivity (Wildman–Crippen MR) is 85.4 cm³/mol. The first-order valence-corrected chi connectivity index (χ1v) is 8.39. The lowest BCUT2D eigenvalue weighted by atomic mass is 9.86. The van der Waals surface area contributed by atoms with Gasteiger partial charge in [0.15, 0.2) is 0 Å². The molecule has 2 atom stereocenters. The van der Waals surface area contributed by atoms with Crippen LogP contribution < -0.4 is 15.2 Å². The Kier molecular flexibility index (Phi) is 6.93. The molecule has 0 aliphatic heterocycles. The monoisotopic (exact) mass is 334 g/mol. The molecule has 21 heavy (non-hydrogen) atoms. The molecule has 1 aromatic rings. The van der Waals surface area contributed by atoms with E-state index in [0.717, 1.165) is 25.7 Å². The van der Waals surface area contributed by atoms with E-state index in [4.69, 9.17) is 10.5 Å². The van der Waals surface area contributed by atoms with Gasteiger partial charge in [0.05, 0.1) is 12.0 Å². The first-order valence-electron chi connectivity index (χ1n) is 6.90. The molecule has 1 aromatic carbocycles. The Morgan fingerprint density at radius 2 is 1.95 bits per heavy atom. The van der Waals surface area contributed by atoms with Gasteiger partial charge >= 0.3 is 0 Å². The van der Waals surface area contributed by atoms with Crippen molar-refractivity contribution < 1.29 is 13.2 Å². The molecule has 3 N–H and O–H groups in total. The van der Waals surface area contributed by atoms with Gasteiger partial charge in [-0.3, -0.25) is 0 Å². The Labute approximate surface area is 132 Å². The van der Waals surface area contributed by atoms with Crippen LogP contribution in [0.3, 0.4) is 0 Å². The summed E-state index contributed by atoms with van der Waals surface area (Å²) in [6.07, 6.45) is 4.06. The van der Waals surface area contributed by atoms with Crippen molar-refractivity contribution in [3.05, 3.63) is 24.3 Å². The first-order chi connectivity index (χ1) is 9.51. The van der Waals surface area contributed by atoms with Crippen molar-refractivity contribution in [3.8, 4) is 5.75 Å². The zero-order valence-electron chi connectivity index (χ0n) is 12.1. The van der Waals surface area contributed by atoms with E-state index in [1.54, 1.807) is 31.4 Å². The van der Waals surface area contributed by atoms with Crippen LogP contribution in [-0.2, 0) is 10.0 Å². The molecule has 1 aliphatic carbocycles. The maximum atomic E-state index is 12.2. The number of hydrogen-bond acceptors (Lipinski definition) is 4. The Morgan fingerprint density at radius 3 is 2.52 bits per heavy atom. The molecule has 0 radical (unpaired) electrons. The molecule has 2 rings (SSSR count). The average molecular weight is 335 g/mol. The van der Waals surface area contributed by atoms with Crippen LogP contribution in [0.25, 0.3) is 0 Å². The van der Waals surface area contributed by atoms with Crippen molar-refractivity contribution in [1.29, 1.82) is 0 Å².